The lowest BCUT2D eigenvalue weighted by Gasteiger charge is -2.21. The van der Waals surface area contributed by atoms with Crippen LogP contribution in [0.4, 0.5) is 17.5 Å². The first kappa shape index (κ1) is 15.4. The monoisotopic (exact) mass is 294 g/mol. The van der Waals surface area contributed by atoms with Crippen molar-refractivity contribution in [3.63, 3.8) is 0 Å². The molecule has 116 valence electrons. The molecule has 1 unspecified atom stereocenters. The predicted molar refractivity (Wildman–Crippen MR) is 81.9 cm³/mol. The maximum absolute atomic E-state index is 11.4. The fourth-order valence-corrected chi connectivity index (χ4v) is 2.58. The van der Waals surface area contributed by atoms with Crippen molar-refractivity contribution >= 4 is 17.5 Å². The quantitative estimate of drug-likeness (QED) is 0.646. The van der Waals surface area contributed by atoms with E-state index in [0.29, 0.717) is 30.0 Å². The first-order valence-corrected chi connectivity index (χ1v) is 7.12. The lowest BCUT2D eigenvalue weighted by atomic mass is 10.2. The standard InChI is InChI=1S/C13H22N6O2/c1-5-14-13-15-9(2)11(19(20)21)12(16-13)18-7-6-10(8-18)17(3)4/h10H,5-8H2,1-4H3,(H,14,15,16). The molecule has 0 amide bonds. The van der Waals surface area contributed by atoms with E-state index < -0.39 is 0 Å². The van der Waals surface area contributed by atoms with E-state index in [9.17, 15) is 10.1 Å². The molecule has 0 bridgehead atoms. The van der Waals surface area contributed by atoms with E-state index in [2.05, 4.69) is 20.2 Å². The minimum Gasteiger partial charge on any atom is -0.354 e. The minimum atomic E-state index is -0.386. The topological polar surface area (TPSA) is 87.4 Å². The van der Waals surface area contributed by atoms with Gasteiger partial charge in [-0.15, -0.1) is 0 Å². The lowest BCUT2D eigenvalue weighted by Crippen LogP contribution is -2.32. The van der Waals surface area contributed by atoms with Crippen molar-refractivity contribution in [3.05, 3.63) is 15.8 Å². The van der Waals surface area contributed by atoms with Crippen LogP contribution in [0.3, 0.4) is 0 Å². The number of aromatic nitrogens is 2. The van der Waals surface area contributed by atoms with Crippen molar-refractivity contribution in [1.82, 2.24) is 14.9 Å². The van der Waals surface area contributed by atoms with Crippen molar-refractivity contribution in [2.75, 3.05) is 43.9 Å². The number of nitro groups is 1. The molecule has 0 aliphatic carbocycles. The molecule has 0 aromatic carbocycles. The number of nitrogens with one attached hydrogen (secondary N) is 1. The Labute approximate surface area is 124 Å². The summed E-state index contributed by atoms with van der Waals surface area (Å²) in [6, 6.07) is 0.391. The molecule has 21 heavy (non-hydrogen) atoms. The van der Waals surface area contributed by atoms with E-state index in [1.54, 1.807) is 6.92 Å². The third kappa shape index (κ3) is 3.21. The van der Waals surface area contributed by atoms with Gasteiger partial charge in [-0.3, -0.25) is 10.1 Å². The SMILES string of the molecule is CCNc1nc(C)c([N+](=O)[O-])c(N2CCC(N(C)C)C2)n1. The largest absolute Gasteiger partial charge is 0.354 e. The Morgan fingerprint density at radius 2 is 2.19 bits per heavy atom. The second-order valence-corrected chi connectivity index (χ2v) is 5.44. The average Bonchev–Trinajstić information content (AvgIpc) is 2.87. The van der Waals surface area contributed by atoms with Crippen LogP contribution in [0.2, 0.25) is 0 Å². The molecule has 8 nitrogen and oxygen atoms in total. The summed E-state index contributed by atoms with van der Waals surface area (Å²) in [7, 11) is 4.05. The smallest absolute Gasteiger partial charge is 0.332 e. The molecule has 8 heteroatoms. The van der Waals surface area contributed by atoms with Gasteiger partial charge in [0.15, 0.2) is 0 Å². The van der Waals surface area contributed by atoms with Crippen LogP contribution in [0.5, 0.6) is 0 Å². The molecule has 1 aromatic heterocycles. The van der Waals surface area contributed by atoms with Crippen molar-refractivity contribution < 1.29 is 4.92 Å². The Hall–Kier alpha value is -1.96. The summed E-state index contributed by atoms with van der Waals surface area (Å²) in [6.07, 6.45) is 0.976. The highest BCUT2D eigenvalue weighted by Gasteiger charge is 2.32. The second-order valence-electron chi connectivity index (χ2n) is 5.44. The molecule has 1 aromatic rings. The highest BCUT2D eigenvalue weighted by atomic mass is 16.6. The Balaban J connectivity index is 2.38. The molecule has 1 atom stereocenters. The van der Waals surface area contributed by atoms with Crippen molar-refractivity contribution in [2.45, 2.75) is 26.3 Å². The van der Waals surface area contributed by atoms with Gasteiger partial charge in [-0.05, 0) is 34.4 Å². The van der Waals surface area contributed by atoms with Crippen LogP contribution in [-0.2, 0) is 0 Å². The van der Waals surface area contributed by atoms with Crippen molar-refractivity contribution in [1.29, 1.82) is 0 Å². The van der Waals surface area contributed by atoms with Gasteiger partial charge in [-0.2, -0.15) is 4.98 Å². The number of aryl methyl sites for hydroxylation is 1. The zero-order chi connectivity index (χ0) is 15.6. The van der Waals surface area contributed by atoms with Crippen molar-refractivity contribution in [3.8, 4) is 0 Å². The zero-order valence-electron chi connectivity index (χ0n) is 13.0. The molecule has 1 fully saturated rings. The van der Waals surface area contributed by atoms with E-state index in [1.165, 1.54) is 0 Å². The summed E-state index contributed by atoms with van der Waals surface area (Å²) in [5.41, 5.74) is 0.408. The van der Waals surface area contributed by atoms with Gasteiger partial charge in [0.1, 0.15) is 5.69 Å². The van der Waals surface area contributed by atoms with Crippen LogP contribution in [0, 0.1) is 17.0 Å². The van der Waals surface area contributed by atoms with Crippen LogP contribution >= 0.6 is 0 Å². The summed E-state index contributed by atoms with van der Waals surface area (Å²) in [4.78, 5) is 23.6. The van der Waals surface area contributed by atoms with Gasteiger partial charge in [-0.25, -0.2) is 4.98 Å². The van der Waals surface area contributed by atoms with Gasteiger partial charge >= 0.3 is 5.69 Å². The maximum Gasteiger partial charge on any atom is 0.332 e. The highest BCUT2D eigenvalue weighted by molar-refractivity contribution is 5.63. The number of nitrogens with zero attached hydrogens (tertiary/aromatic N) is 5. The molecular weight excluding hydrogens is 272 g/mol. The van der Waals surface area contributed by atoms with Gasteiger partial charge < -0.3 is 15.1 Å². The number of hydrogen-bond donors (Lipinski definition) is 1. The Bertz CT molecular complexity index is 534. The summed E-state index contributed by atoms with van der Waals surface area (Å²) in [5, 5.41) is 14.4. The molecule has 1 saturated heterocycles. The molecule has 0 saturated carbocycles. The van der Waals surface area contributed by atoms with Gasteiger partial charge in [0.2, 0.25) is 11.8 Å². The molecule has 0 spiro atoms. The summed E-state index contributed by atoms with van der Waals surface area (Å²) in [5.74, 6) is 0.872. The average molecular weight is 294 g/mol. The fourth-order valence-electron chi connectivity index (χ4n) is 2.58. The Morgan fingerprint density at radius 3 is 2.71 bits per heavy atom. The van der Waals surface area contributed by atoms with E-state index in [-0.39, 0.29) is 10.6 Å². The normalized spacial score (nSPS) is 18.3. The molecule has 2 rings (SSSR count). The van der Waals surface area contributed by atoms with Gasteiger partial charge in [0.25, 0.3) is 0 Å². The van der Waals surface area contributed by atoms with Crippen LogP contribution in [0.25, 0.3) is 0 Å². The number of anilines is 2. The predicted octanol–water partition coefficient (Wildman–Crippen LogP) is 1.27. The number of hydrogen-bond acceptors (Lipinski definition) is 7. The molecular formula is C13H22N6O2. The fraction of sp³-hybridized carbons (Fsp3) is 0.692. The maximum atomic E-state index is 11.4. The van der Waals surface area contributed by atoms with Gasteiger partial charge in [-0.1, -0.05) is 0 Å². The van der Waals surface area contributed by atoms with Gasteiger partial charge in [0.05, 0.1) is 4.92 Å². The first-order chi connectivity index (χ1) is 9.93. The summed E-state index contributed by atoms with van der Waals surface area (Å²) >= 11 is 0. The van der Waals surface area contributed by atoms with Gasteiger partial charge in [0, 0.05) is 25.7 Å². The first-order valence-electron chi connectivity index (χ1n) is 7.12. The summed E-state index contributed by atoms with van der Waals surface area (Å²) in [6.45, 7) is 5.79. The van der Waals surface area contributed by atoms with E-state index >= 15 is 0 Å². The molecule has 1 aliphatic rings. The third-order valence-electron chi connectivity index (χ3n) is 3.75. The van der Waals surface area contributed by atoms with Crippen LogP contribution in [-0.4, -0.2) is 59.6 Å². The van der Waals surface area contributed by atoms with Crippen LogP contribution < -0.4 is 10.2 Å². The lowest BCUT2D eigenvalue weighted by molar-refractivity contribution is -0.385. The summed E-state index contributed by atoms with van der Waals surface area (Å²) < 4.78 is 0. The van der Waals surface area contributed by atoms with Crippen LogP contribution in [0.15, 0.2) is 0 Å². The minimum absolute atomic E-state index is 0.0102. The number of rotatable bonds is 5. The highest BCUT2D eigenvalue weighted by Crippen LogP contribution is 2.32. The van der Waals surface area contributed by atoms with Crippen LogP contribution in [0.1, 0.15) is 19.0 Å². The van der Waals surface area contributed by atoms with E-state index in [1.807, 2.05) is 25.9 Å². The van der Waals surface area contributed by atoms with E-state index in [0.717, 1.165) is 19.5 Å². The second kappa shape index (κ2) is 6.21. The number of likely N-dealkylation sites (N-methyl/N-ethyl adjacent to an activating group) is 1. The third-order valence-corrected chi connectivity index (χ3v) is 3.75. The molecule has 1 N–H and O–H groups in total. The zero-order valence-corrected chi connectivity index (χ0v) is 13.0. The van der Waals surface area contributed by atoms with Crippen molar-refractivity contribution in [2.24, 2.45) is 0 Å². The Morgan fingerprint density at radius 1 is 1.48 bits per heavy atom. The van der Waals surface area contributed by atoms with E-state index in [4.69, 9.17) is 0 Å². The Kier molecular flexibility index (Phi) is 4.56. The molecule has 1 aliphatic heterocycles. The molecule has 0 radical (unpaired) electrons. The molecule has 2 heterocycles.